The summed E-state index contributed by atoms with van der Waals surface area (Å²) in [6, 6.07) is 0. The van der Waals surface area contributed by atoms with Gasteiger partial charge in [-0.1, -0.05) is 0 Å². The molecule has 0 aliphatic carbocycles. The molecule has 0 atom stereocenters. The molecule has 1 saturated heterocycles. The molecule has 2 heterocycles. The third kappa shape index (κ3) is 3.80. The summed E-state index contributed by atoms with van der Waals surface area (Å²) < 4.78 is 32.4. The zero-order valence-electron chi connectivity index (χ0n) is 12.2. The molecule has 1 aliphatic heterocycles. The molecule has 0 N–H and O–H groups in total. The van der Waals surface area contributed by atoms with Crippen LogP contribution in [-0.2, 0) is 26.6 Å². The van der Waals surface area contributed by atoms with E-state index in [1.807, 2.05) is 0 Å². The van der Waals surface area contributed by atoms with E-state index in [9.17, 15) is 13.2 Å². The van der Waals surface area contributed by atoms with Crippen molar-refractivity contribution in [2.24, 2.45) is 7.05 Å². The van der Waals surface area contributed by atoms with Gasteiger partial charge in [0.2, 0.25) is 0 Å². The van der Waals surface area contributed by atoms with Crippen LogP contribution in [0, 0.1) is 0 Å². The molecule has 0 unspecified atom stereocenters. The lowest BCUT2D eigenvalue weighted by Crippen LogP contribution is -2.49. The first-order chi connectivity index (χ1) is 9.93. The average molecular weight is 316 g/mol. The first-order valence-electron chi connectivity index (χ1n) is 6.71. The molecule has 9 heteroatoms. The van der Waals surface area contributed by atoms with E-state index in [1.54, 1.807) is 11.6 Å². The van der Waals surface area contributed by atoms with Crippen LogP contribution in [0.5, 0.6) is 0 Å². The molecular formula is C12H20N4O4S. The second-order valence-electron chi connectivity index (χ2n) is 4.95. The zero-order chi connectivity index (χ0) is 15.5. The lowest BCUT2D eigenvalue weighted by molar-refractivity contribution is -0.141. The number of esters is 1. The number of sulfonamides is 1. The van der Waals surface area contributed by atoms with Gasteiger partial charge in [0.05, 0.1) is 19.9 Å². The molecule has 8 nitrogen and oxygen atoms in total. The summed E-state index contributed by atoms with van der Waals surface area (Å²) in [7, 11) is -0.424. The van der Waals surface area contributed by atoms with Gasteiger partial charge in [-0.05, 0) is 0 Å². The van der Waals surface area contributed by atoms with Crippen LogP contribution in [0.25, 0.3) is 0 Å². The molecule has 2 rings (SSSR count). The van der Waals surface area contributed by atoms with Gasteiger partial charge in [0.25, 0.3) is 10.0 Å². The maximum Gasteiger partial charge on any atom is 0.306 e. The summed E-state index contributed by atoms with van der Waals surface area (Å²) in [5.41, 5.74) is 0. The van der Waals surface area contributed by atoms with Gasteiger partial charge in [-0.15, -0.1) is 0 Å². The number of nitrogens with zero attached hydrogens (tertiary/aromatic N) is 4. The minimum absolute atomic E-state index is 0.0769. The zero-order valence-corrected chi connectivity index (χ0v) is 13.0. The smallest absolute Gasteiger partial charge is 0.306 e. The molecule has 0 amide bonds. The van der Waals surface area contributed by atoms with Crippen molar-refractivity contribution in [1.29, 1.82) is 0 Å². The van der Waals surface area contributed by atoms with Crippen LogP contribution in [-0.4, -0.2) is 73.0 Å². The van der Waals surface area contributed by atoms with Crippen LogP contribution in [0.15, 0.2) is 17.6 Å². The maximum atomic E-state index is 12.4. The van der Waals surface area contributed by atoms with Crippen molar-refractivity contribution >= 4 is 16.0 Å². The number of aryl methyl sites for hydroxylation is 1. The Morgan fingerprint density at radius 3 is 2.52 bits per heavy atom. The van der Waals surface area contributed by atoms with E-state index in [0.717, 1.165) is 0 Å². The summed E-state index contributed by atoms with van der Waals surface area (Å²) in [5.74, 6) is -0.251. The molecule has 0 saturated carbocycles. The van der Waals surface area contributed by atoms with Crippen molar-refractivity contribution in [2.45, 2.75) is 11.4 Å². The van der Waals surface area contributed by atoms with Crippen LogP contribution < -0.4 is 0 Å². The molecule has 1 aliphatic rings. The third-order valence-corrected chi connectivity index (χ3v) is 5.26. The maximum absolute atomic E-state index is 12.4. The van der Waals surface area contributed by atoms with E-state index in [-0.39, 0.29) is 11.0 Å². The fourth-order valence-electron chi connectivity index (χ4n) is 2.20. The average Bonchev–Trinajstić information content (AvgIpc) is 2.92. The number of hydrogen-bond acceptors (Lipinski definition) is 6. The van der Waals surface area contributed by atoms with E-state index in [1.165, 1.54) is 23.9 Å². The lowest BCUT2D eigenvalue weighted by Gasteiger charge is -2.33. The monoisotopic (exact) mass is 316 g/mol. The second-order valence-corrected chi connectivity index (χ2v) is 6.83. The minimum Gasteiger partial charge on any atom is -0.469 e. The van der Waals surface area contributed by atoms with Crippen molar-refractivity contribution in [1.82, 2.24) is 18.8 Å². The Morgan fingerprint density at radius 2 is 2.00 bits per heavy atom. The van der Waals surface area contributed by atoms with Gasteiger partial charge in [-0.2, -0.15) is 4.31 Å². The Balaban J connectivity index is 1.90. The van der Waals surface area contributed by atoms with Gasteiger partial charge in [0.15, 0.2) is 5.03 Å². The first kappa shape index (κ1) is 15.9. The Morgan fingerprint density at radius 1 is 1.33 bits per heavy atom. The number of ether oxygens (including phenoxy) is 1. The Bertz CT molecular complexity index is 590. The molecule has 1 aromatic heterocycles. The van der Waals surface area contributed by atoms with Crippen molar-refractivity contribution < 1.29 is 17.9 Å². The number of aromatic nitrogens is 2. The fraction of sp³-hybridized carbons (Fsp3) is 0.667. The van der Waals surface area contributed by atoms with Crippen LogP contribution in [0.1, 0.15) is 6.42 Å². The number of hydrogen-bond donors (Lipinski definition) is 0. The largest absolute Gasteiger partial charge is 0.469 e. The van der Waals surface area contributed by atoms with Crippen LogP contribution in [0.2, 0.25) is 0 Å². The SMILES string of the molecule is COC(=O)CCN1CCN(S(=O)(=O)c2cn(C)cn2)CC1. The molecule has 118 valence electrons. The molecule has 0 aromatic carbocycles. The highest BCUT2D eigenvalue weighted by Gasteiger charge is 2.30. The molecule has 21 heavy (non-hydrogen) atoms. The normalized spacial score (nSPS) is 17.8. The summed E-state index contributed by atoms with van der Waals surface area (Å²) >= 11 is 0. The molecule has 1 aromatic rings. The van der Waals surface area contributed by atoms with Crippen molar-refractivity contribution in [2.75, 3.05) is 39.8 Å². The van der Waals surface area contributed by atoms with Crippen LogP contribution in [0.3, 0.4) is 0 Å². The first-order valence-corrected chi connectivity index (χ1v) is 8.15. The van der Waals surface area contributed by atoms with Gasteiger partial charge < -0.3 is 14.2 Å². The van der Waals surface area contributed by atoms with Crippen molar-refractivity contribution in [3.63, 3.8) is 0 Å². The van der Waals surface area contributed by atoms with Crippen LogP contribution >= 0.6 is 0 Å². The predicted octanol–water partition coefficient (Wildman–Crippen LogP) is -0.710. The van der Waals surface area contributed by atoms with Crippen molar-refractivity contribution in [3.8, 4) is 0 Å². The van der Waals surface area contributed by atoms with Gasteiger partial charge in [0.1, 0.15) is 0 Å². The molecular weight excluding hydrogens is 296 g/mol. The minimum atomic E-state index is -3.52. The molecule has 0 radical (unpaired) electrons. The van der Waals surface area contributed by atoms with Gasteiger partial charge in [-0.3, -0.25) is 4.79 Å². The van der Waals surface area contributed by atoms with E-state index >= 15 is 0 Å². The van der Waals surface area contributed by atoms with Gasteiger partial charge in [0, 0.05) is 46.0 Å². The third-order valence-electron chi connectivity index (χ3n) is 3.48. The van der Waals surface area contributed by atoms with E-state index in [0.29, 0.717) is 39.1 Å². The summed E-state index contributed by atoms with van der Waals surface area (Å²) in [6.07, 6.45) is 3.29. The number of carbonyl (C=O) groups excluding carboxylic acids is 1. The summed E-state index contributed by atoms with van der Waals surface area (Å²) in [5, 5.41) is 0.0769. The highest BCUT2D eigenvalue weighted by Crippen LogP contribution is 2.15. The summed E-state index contributed by atoms with van der Waals surface area (Å²) in [4.78, 5) is 17.1. The number of carbonyl (C=O) groups is 1. The molecule has 0 spiro atoms. The number of methoxy groups -OCH3 is 1. The van der Waals surface area contributed by atoms with E-state index in [2.05, 4.69) is 14.6 Å². The predicted molar refractivity (Wildman–Crippen MR) is 75.0 cm³/mol. The Labute approximate surface area is 124 Å². The molecule has 0 bridgehead atoms. The highest BCUT2D eigenvalue weighted by molar-refractivity contribution is 7.89. The standard InChI is InChI=1S/C12H20N4O4S/c1-14-9-11(13-10-14)21(18,19)16-7-5-15(6-8-16)4-3-12(17)20-2/h9-10H,3-8H2,1-2H3. The van der Waals surface area contributed by atoms with Crippen LogP contribution in [0.4, 0.5) is 0 Å². The lowest BCUT2D eigenvalue weighted by atomic mass is 10.3. The Kier molecular flexibility index (Phi) is 4.96. The Hall–Kier alpha value is -1.45. The second kappa shape index (κ2) is 6.54. The topological polar surface area (TPSA) is 84.7 Å². The van der Waals surface area contributed by atoms with E-state index in [4.69, 9.17) is 0 Å². The number of imidazole rings is 1. The highest BCUT2D eigenvalue weighted by atomic mass is 32.2. The number of rotatable bonds is 5. The fourth-order valence-corrected chi connectivity index (χ4v) is 3.59. The quantitative estimate of drug-likeness (QED) is 0.667. The van der Waals surface area contributed by atoms with Crippen molar-refractivity contribution in [3.05, 3.63) is 12.5 Å². The van der Waals surface area contributed by atoms with E-state index < -0.39 is 10.0 Å². The van der Waals surface area contributed by atoms with Gasteiger partial charge >= 0.3 is 5.97 Å². The molecule has 1 fully saturated rings. The summed E-state index contributed by atoms with van der Waals surface area (Å²) in [6.45, 7) is 2.59. The van der Waals surface area contributed by atoms with Gasteiger partial charge in [-0.25, -0.2) is 13.4 Å². The number of piperazine rings is 1.